The fourth-order valence-electron chi connectivity index (χ4n) is 4.10. The lowest BCUT2D eigenvalue weighted by molar-refractivity contribution is -0.160. The third-order valence-corrected chi connectivity index (χ3v) is 5.88. The van der Waals surface area contributed by atoms with E-state index < -0.39 is 17.2 Å². The van der Waals surface area contributed by atoms with Crippen molar-refractivity contribution in [3.8, 4) is 0 Å². The minimum absolute atomic E-state index is 0.100. The summed E-state index contributed by atoms with van der Waals surface area (Å²) in [5, 5.41) is 9.84. The van der Waals surface area contributed by atoms with Crippen molar-refractivity contribution in [3.63, 3.8) is 0 Å². The Kier molecular flexibility index (Phi) is 2.78. The second kappa shape index (κ2) is 3.95. The van der Waals surface area contributed by atoms with Crippen LogP contribution in [0.2, 0.25) is 0 Å². The first kappa shape index (κ1) is 13.4. The predicted molar refractivity (Wildman–Crippen MR) is 69.7 cm³/mol. The maximum atomic E-state index is 12.0. The largest absolute Gasteiger partial charge is 0.481 e. The highest BCUT2D eigenvalue weighted by Gasteiger charge is 2.83. The van der Waals surface area contributed by atoms with E-state index in [-0.39, 0.29) is 17.6 Å². The lowest BCUT2D eigenvalue weighted by atomic mass is 9.57. The highest BCUT2D eigenvalue weighted by Crippen LogP contribution is 2.67. The number of carboxylic acids is 1. The summed E-state index contributed by atoms with van der Waals surface area (Å²) in [6.45, 7) is 6.05. The molecule has 1 saturated carbocycles. The molecule has 0 amide bonds. The van der Waals surface area contributed by atoms with Crippen molar-refractivity contribution >= 4 is 5.97 Å². The van der Waals surface area contributed by atoms with Crippen LogP contribution < -0.4 is 0 Å². The van der Waals surface area contributed by atoms with Gasteiger partial charge in [-0.25, -0.2) is 0 Å². The van der Waals surface area contributed by atoms with Crippen molar-refractivity contribution in [1.29, 1.82) is 0 Å². The smallest absolute Gasteiger partial charge is 0.312 e. The molecule has 0 aromatic carbocycles. The van der Waals surface area contributed by atoms with E-state index in [9.17, 15) is 9.90 Å². The number of carbonyl (C=O) groups is 1. The van der Waals surface area contributed by atoms with E-state index in [1.807, 2.05) is 6.92 Å². The Morgan fingerprint density at radius 1 is 1.32 bits per heavy atom. The Balaban J connectivity index is 1.86. The van der Waals surface area contributed by atoms with Crippen LogP contribution in [0.5, 0.6) is 0 Å². The van der Waals surface area contributed by atoms with E-state index >= 15 is 0 Å². The van der Waals surface area contributed by atoms with Gasteiger partial charge in [-0.05, 0) is 31.6 Å². The van der Waals surface area contributed by atoms with Crippen molar-refractivity contribution in [3.05, 3.63) is 0 Å². The lowest BCUT2D eigenvalue weighted by Crippen LogP contribution is -2.50. The average Bonchev–Trinajstić information content (AvgIpc) is 3.28. The summed E-state index contributed by atoms with van der Waals surface area (Å²) in [6, 6.07) is 0. The minimum Gasteiger partial charge on any atom is -0.481 e. The minimum atomic E-state index is -0.836. The molecule has 2 heterocycles. The van der Waals surface area contributed by atoms with Crippen LogP contribution in [0.3, 0.4) is 0 Å². The Bertz CT molecular complexity index is 401. The Morgan fingerprint density at radius 3 is 2.42 bits per heavy atom. The number of carboxylic acid groups (broad SMARTS) is 1. The highest BCUT2D eigenvalue weighted by molar-refractivity contribution is 5.77. The van der Waals surface area contributed by atoms with Crippen molar-refractivity contribution in [2.24, 2.45) is 10.8 Å². The van der Waals surface area contributed by atoms with Gasteiger partial charge in [-0.3, -0.25) is 4.79 Å². The molecule has 2 aliphatic heterocycles. The van der Waals surface area contributed by atoms with Crippen molar-refractivity contribution in [2.75, 3.05) is 0 Å². The third-order valence-electron chi connectivity index (χ3n) is 5.88. The summed E-state index contributed by atoms with van der Waals surface area (Å²) in [5.41, 5.74) is -1.02. The summed E-state index contributed by atoms with van der Waals surface area (Å²) < 4.78 is 11.4. The van der Waals surface area contributed by atoms with Gasteiger partial charge in [-0.15, -0.1) is 0 Å². The molecule has 1 N–H and O–H groups in total. The number of epoxide rings is 2. The van der Waals surface area contributed by atoms with Crippen LogP contribution in [0, 0.1) is 10.8 Å². The number of aliphatic carboxylic acids is 1. The molecule has 0 radical (unpaired) electrons. The Hall–Kier alpha value is -0.610. The lowest BCUT2D eigenvalue weighted by Gasteiger charge is -2.45. The van der Waals surface area contributed by atoms with Crippen molar-refractivity contribution in [2.45, 2.75) is 77.3 Å². The molecule has 4 nitrogen and oxygen atoms in total. The van der Waals surface area contributed by atoms with E-state index in [0.29, 0.717) is 0 Å². The van der Waals surface area contributed by atoms with Gasteiger partial charge in [0.15, 0.2) is 0 Å². The molecule has 4 heteroatoms. The van der Waals surface area contributed by atoms with Gasteiger partial charge in [0.1, 0.15) is 17.6 Å². The number of hydrogen-bond donors (Lipinski definition) is 1. The standard InChI is InChI=1S/C15H24O4/c1-4-10-15(18-10)11(19-15)14(3,12(16)17)13(2)8-6-5-7-9-13/h10-11H,4-9H2,1-3H3,(H,16,17). The van der Waals surface area contributed by atoms with Gasteiger partial charge in [0.05, 0.1) is 0 Å². The van der Waals surface area contributed by atoms with Gasteiger partial charge < -0.3 is 14.6 Å². The SMILES string of the molecule is CCC1OC12OC2C(C)(C(=O)O)C1(C)CCCCC1. The van der Waals surface area contributed by atoms with Crippen LogP contribution in [0.1, 0.15) is 59.3 Å². The molecule has 0 bridgehead atoms. The maximum absolute atomic E-state index is 12.0. The monoisotopic (exact) mass is 268 g/mol. The van der Waals surface area contributed by atoms with Crippen molar-refractivity contribution < 1.29 is 19.4 Å². The molecule has 3 aliphatic rings. The second-order valence-corrected chi connectivity index (χ2v) is 6.86. The van der Waals surface area contributed by atoms with Gasteiger partial charge in [0.25, 0.3) is 0 Å². The van der Waals surface area contributed by atoms with Gasteiger partial charge in [-0.2, -0.15) is 0 Å². The summed E-state index contributed by atoms with van der Waals surface area (Å²) in [5.74, 6) is -1.29. The first-order valence-corrected chi connectivity index (χ1v) is 7.50. The third kappa shape index (κ3) is 1.62. The summed E-state index contributed by atoms with van der Waals surface area (Å²) in [7, 11) is 0. The normalized spacial score (nSPS) is 42.7. The fourth-order valence-corrected chi connectivity index (χ4v) is 4.10. The molecular weight excluding hydrogens is 244 g/mol. The van der Waals surface area contributed by atoms with Gasteiger partial charge in [0, 0.05) is 0 Å². The van der Waals surface area contributed by atoms with Crippen LogP contribution in [0.25, 0.3) is 0 Å². The fraction of sp³-hybridized carbons (Fsp3) is 0.933. The van der Waals surface area contributed by atoms with Crippen LogP contribution >= 0.6 is 0 Å². The summed E-state index contributed by atoms with van der Waals surface area (Å²) in [6.07, 6.45) is 6.13. The molecule has 0 aromatic rings. The second-order valence-electron chi connectivity index (χ2n) is 6.86. The van der Waals surface area contributed by atoms with E-state index in [1.54, 1.807) is 0 Å². The average molecular weight is 268 g/mol. The molecule has 108 valence electrons. The molecule has 2 saturated heterocycles. The molecule has 1 aliphatic carbocycles. The Morgan fingerprint density at radius 2 is 1.95 bits per heavy atom. The van der Waals surface area contributed by atoms with E-state index in [4.69, 9.17) is 9.47 Å². The predicted octanol–water partition coefficient (Wildman–Crippen LogP) is 2.95. The Labute approximate surface area is 114 Å². The first-order chi connectivity index (χ1) is 8.91. The molecule has 3 rings (SSSR count). The molecule has 3 fully saturated rings. The zero-order valence-electron chi connectivity index (χ0n) is 12.1. The molecular formula is C15H24O4. The molecule has 0 aromatic heterocycles. The van der Waals surface area contributed by atoms with Crippen LogP contribution in [-0.2, 0) is 14.3 Å². The topological polar surface area (TPSA) is 62.4 Å². The zero-order chi connectivity index (χ0) is 13.9. The number of rotatable bonds is 4. The van der Waals surface area contributed by atoms with Crippen molar-refractivity contribution in [1.82, 2.24) is 0 Å². The van der Waals surface area contributed by atoms with Crippen LogP contribution in [-0.4, -0.2) is 29.1 Å². The summed E-state index contributed by atoms with van der Waals surface area (Å²) >= 11 is 0. The molecule has 19 heavy (non-hydrogen) atoms. The highest BCUT2D eigenvalue weighted by atomic mass is 16.9. The van der Waals surface area contributed by atoms with Gasteiger partial charge in [0.2, 0.25) is 5.79 Å². The number of hydrogen-bond acceptors (Lipinski definition) is 3. The first-order valence-electron chi connectivity index (χ1n) is 7.50. The molecule has 1 spiro atoms. The molecule has 4 unspecified atom stereocenters. The summed E-state index contributed by atoms with van der Waals surface area (Å²) in [4.78, 5) is 12.0. The van der Waals surface area contributed by atoms with E-state index in [1.165, 1.54) is 6.42 Å². The van der Waals surface area contributed by atoms with Crippen LogP contribution in [0.15, 0.2) is 0 Å². The zero-order valence-corrected chi connectivity index (χ0v) is 12.1. The maximum Gasteiger partial charge on any atom is 0.312 e. The quantitative estimate of drug-likeness (QED) is 0.796. The van der Waals surface area contributed by atoms with E-state index in [2.05, 4.69) is 13.8 Å². The van der Waals surface area contributed by atoms with Crippen LogP contribution in [0.4, 0.5) is 0 Å². The molecule has 4 atom stereocenters. The van der Waals surface area contributed by atoms with E-state index in [0.717, 1.165) is 32.1 Å². The number of ether oxygens (including phenoxy) is 2. The van der Waals surface area contributed by atoms with Gasteiger partial charge >= 0.3 is 5.97 Å². The van der Waals surface area contributed by atoms with Gasteiger partial charge in [-0.1, -0.05) is 33.1 Å².